The van der Waals surface area contributed by atoms with E-state index in [0.29, 0.717) is 12.8 Å². The Balaban J connectivity index is 2.74. The first-order chi connectivity index (χ1) is 9.24. The molecular weight excluding hydrogens is 309 g/mol. The van der Waals surface area contributed by atoms with Crippen LogP contribution < -0.4 is 4.72 Å². The van der Waals surface area contributed by atoms with Crippen molar-refractivity contribution in [2.45, 2.75) is 37.1 Å². The first-order valence-electron chi connectivity index (χ1n) is 5.92. The van der Waals surface area contributed by atoms with Gasteiger partial charge in [-0.05, 0) is 31.9 Å². The molecule has 112 valence electrons. The van der Waals surface area contributed by atoms with Gasteiger partial charge in [0, 0.05) is 12.5 Å². The fourth-order valence-electron chi connectivity index (χ4n) is 1.64. The minimum absolute atomic E-state index is 0.0441. The average Bonchev–Trinajstić information content (AvgIpc) is 2.31. The number of benzene rings is 1. The normalized spacial score (nSPS) is 13.2. The highest BCUT2D eigenvalue weighted by molar-refractivity contribution is 7.89. The molecule has 0 spiro atoms. The number of carboxylic acid groups (broad SMARTS) is 1. The van der Waals surface area contributed by atoms with Crippen LogP contribution in [0.25, 0.3) is 0 Å². The van der Waals surface area contributed by atoms with Crippen molar-refractivity contribution in [1.82, 2.24) is 4.72 Å². The molecule has 0 heterocycles. The Morgan fingerprint density at radius 2 is 2.15 bits per heavy atom. The lowest BCUT2D eigenvalue weighted by molar-refractivity contribution is -0.137. The van der Waals surface area contributed by atoms with Gasteiger partial charge in [0.15, 0.2) is 5.82 Å². The number of halogens is 2. The summed E-state index contributed by atoms with van der Waals surface area (Å²) in [7, 11) is -4.02. The highest BCUT2D eigenvalue weighted by Gasteiger charge is 2.22. The number of hydrogen-bond acceptors (Lipinski definition) is 3. The largest absolute Gasteiger partial charge is 0.481 e. The molecule has 5 nitrogen and oxygen atoms in total. The van der Waals surface area contributed by atoms with Crippen LogP contribution in [0.5, 0.6) is 0 Å². The SMILES string of the molecule is CC(CCCC(=O)O)NS(=O)(=O)c1cccc(Cl)c1F. The Kier molecular flexibility index (Phi) is 5.91. The summed E-state index contributed by atoms with van der Waals surface area (Å²) < 4.78 is 39.9. The molecule has 0 bridgehead atoms. The monoisotopic (exact) mass is 323 g/mol. The van der Waals surface area contributed by atoms with Gasteiger partial charge in [-0.15, -0.1) is 0 Å². The van der Waals surface area contributed by atoms with E-state index in [2.05, 4.69) is 4.72 Å². The molecule has 0 aliphatic rings. The van der Waals surface area contributed by atoms with E-state index >= 15 is 0 Å². The van der Waals surface area contributed by atoms with E-state index in [1.807, 2.05) is 0 Å². The second-order valence-electron chi connectivity index (χ2n) is 4.36. The molecule has 1 unspecified atom stereocenters. The van der Waals surface area contributed by atoms with Crippen LogP contribution in [-0.4, -0.2) is 25.5 Å². The zero-order chi connectivity index (χ0) is 15.3. The van der Waals surface area contributed by atoms with Crippen molar-refractivity contribution in [2.75, 3.05) is 0 Å². The number of hydrogen-bond donors (Lipinski definition) is 2. The number of carboxylic acids is 1. The summed E-state index contributed by atoms with van der Waals surface area (Å²) in [5, 5.41) is 8.23. The van der Waals surface area contributed by atoms with Crippen LogP contribution in [0.2, 0.25) is 5.02 Å². The van der Waals surface area contributed by atoms with Crippen LogP contribution in [0.1, 0.15) is 26.2 Å². The summed E-state index contributed by atoms with van der Waals surface area (Å²) in [6.45, 7) is 1.59. The molecule has 0 amide bonds. The Morgan fingerprint density at radius 1 is 1.50 bits per heavy atom. The fourth-order valence-corrected chi connectivity index (χ4v) is 3.25. The fraction of sp³-hybridized carbons (Fsp3) is 0.417. The van der Waals surface area contributed by atoms with Gasteiger partial charge in [-0.25, -0.2) is 17.5 Å². The van der Waals surface area contributed by atoms with E-state index in [4.69, 9.17) is 16.7 Å². The van der Waals surface area contributed by atoms with E-state index < -0.39 is 32.7 Å². The van der Waals surface area contributed by atoms with Crippen LogP contribution in [0.15, 0.2) is 23.1 Å². The van der Waals surface area contributed by atoms with Crippen LogP contribution in [0, 0.1) is 5.82 Å². The summed E-state index contributed by atoms with van der Waals surface area (Å²) in [5.74, 6) is -1.94. The second-order valence-corrected chi connectivity index (χ2v) is 6.45. The summed E-state index contributed by atoms with van der Waals surface area (Å²) in [5.41, 5.74) is 0. The van der Waals surface area contributed by atoms with Crippen molar-refractivity contribution in [3.63, 3.8) is 0 Å². The lowest BCUT2D eigenvalue weighted by atomic mass is 10.1. The number of carbonyl (C=O) groups is 1. The molecule has 0 aliphatic heterocycles. The molecule has 1 aromatic rings. The zero-order valence-electron chi connectivity index (χ0n) is 10.8. The molecule has 0 saturated carbocycles. The lowest BCUT2D eigenvalue weighted by Gasteiger charge is -2.14. The molecule has 0 saturated heterocycles. The molecule has 1 aromatic carbocycles. The minimum atomic E-state index is -4.02. The van der Waals surface area contributed by atoms with E-state index in [1.54, 1.807) is 6.92 Å². The quantitative estimate of drug-likeness (QED) is 0.807. The molecule has 8 heteroatoms. The van der Waals surface area contributed by atoms with Crippen LogP contribution in [-0.2, 0) is 14.8 Å². The van der Waals surface area contributed by atoms with Crippen molar-refractivity contribution >= 4 is 27.6 Å². The molecule has 20 heavy (non-hydrogen) atoms. The molecule has 1 rings (SSSR count). The van der Waals surface area contributed by atoms with Gasteiger partial charge in [0.05, 0.1) is 5.02 Å². The summed E-state index contributed by atoms with van der Waals surface area (Å²) in [6, 6.07) is 3.21. The molecule has 0 aromatic heterocycles. The molecule has 0 fully saturated rings. The highest BCUT2D eigenvalue weighted by Crippen LogP contribution is 2.22. The van der Waals surface area contributed by atoms with Gasteiger partial charge in [-0.1, -0.05) is 17.7 Å². The summed E-state index contributed by atoms with van der Waals surface area (Å²) in [4.78, 5) is 9.85. The minimum Gasteiger partial charge on any atom is -0.481 e. The zero-order valence-corrected chi connectivity index (χ0v) is 12.3. The summed E-state index contributed by atoms with van der Waals surface area (Å²) in [6.07, 6.45) is 0.627. The Morgan fingerprint density at radius 3 is 2.75 bits per heavy atom. The molecule has 2 N–H and O–H groups in total. The van der Waals surface area contributed by atoms with Gasteiger partial charge in [0.2, 0.25) is 10.0 Å². The smallest absolute Gasteiger partial charge is 0.303 e. The van der Waals surface area contributed by atoms with Gasteiger partial charge in [-0.2, -0.15) is 0 Å². The predicted octanol–water partition coefficient (Wildman–Crippen LogP) is 2.40. The van der Waals surface area contributed by atoms with Gasteiger partial charge in [-0.3, -0.25) is 4.79 Å². The molecular formula is C12H15ClFNO4S. The number of aliphatic carboxylic acids is 1. The third-order valence-electron chi connectivity index (χ3n) is 2.59. The number of nitrogens with one attached hydrogen (secondary N) is 1. The van der Waals surface area contributed by atoms with Crippen molar-refractivity contribution in [3.05, 3.63) is 29.0 Å². The van der Waals surface area contributed by atoms with Crippen molar-refractivity contribution in [3.8, 4) is 0 Å². The maximum absolute atomic E-state index is 13.7. The first kappa shape index (κ1) is 16.9. The molecule has 1 atom stereocenters. The summed E-state index contributed by atoms with van der Waals surface area (Å²) >= 11 is 5.54. The lowest BCUT2D eigenvalue weighted by Crippen LogP contribution is -2.33. The van der Waals surface area contributed by atoms with Gasteiger partial charge >= 0.3 is 5.97 Å². The number of rotatable bonds is 7. The third-order valence-corrected chi connectivity index (χ3v) is 4.49. The van der Waals surface area contributed by atoms with E-state index in [0.717, 1.165) is 6.07 Å². The van der Waals surface area contributed by atoms with Gasteiger partial charge in [0.25, 0.3) is 0 Å². The highest BCUT2D eigenvalue weighted by atomic mass is 35.5. The van der Waals surface area contributed by atoms with E-state index in [1.165, 1.54) is 12.1 Å². The topological polar surface area (TPSA) is 83.5 Å². The second kappa shape index (κ2) is 7.01. The van der Waals surface area contributed by atoms with Crippen molar-refractivity contribution < 1.29 is 22.7 Å². The maximum atomic E-state index is 13.7. The van der Waals surface area contributed by atoms with Crippen molar-refractivity contribution in [2.24, 2.45) is 0 Å². The van der Waals surface area contributed by atoms with E-state index in [-0.39, 0.29) is 11.4 Å². The van der Waals surface area contributed by atoms with Crippen LogP contribution in [0.3, 0.4) is 0 Å². The average molecular weight is 324 g/mol. The Bertz CT molecular complexity index is 591. The Hall–Kier alpha value is -1.18. The first-order valence-corrected chi connectivity index (χ1v) is 7.78. The van der Waals surface area contributed by atoms with Gasteiger partial charge < -0.3 is 5.11 Å². The Labute approximate surface area is 121 Å². The maximum Gasteiger partial charge on any atom is 0.303 e. The van der Waals surface area contributed by atoms with Crippen molar-refractivity contribution in [1.29, 1.82) is 0 Å². The van der Waals surface area contributed by atoms with E-state index in [9.17, 15) is 17.6 Å². The van der Waals surface area contributed by atoms with Crippen LogP contribution >= 0.6 is 11.6 Å². The predicted molar refractivity (Wildman–Crippen MR) is 72.7 cm³/mol. The molecule has 0 radical (unpaired) electrons. The number of sulfonamides is 1. The molecule has 0 aliphatic carbocycles. The van der Waals surface area contributed by atoms with Gasteiger partial charge in [0.1, 0.15) is 4.90 Å². The van der Waals surface area contributed by atoms with Crippen LogP contribution in [0.4, 0.5) is 4.39 Å². The standard InChI is InChI=1S/C12H15ClFNO4S/c1-8(4-2-7-11(16)17)15-20(18,19)10-6-3-5-9(13)12(10)14/h3,5-6,8,15H,2,4,7H2,1H3,(H,16,17). The third kappa shape index (κ3) is 4.73.